The summed E-state index contributed by atoms with van der Waals surface area (Å²) >= 11 is 0. The lowest BCUT2D eigenvalue weighted by molar-refractivity contribution is 0.0908. The Morgan fingerprint density at radius 2 is 1.66 bits per heavy atom. The van der Waals surface area contributed by atoms with Gasteiger partial charge in [0.05, 0.1) is 23.2 Å². The fourth-order valence-corrected chi connectivity index (χ4v) is 4.76. The third kappa shape index (κ3) is 3.96. The van der Waals surface area contributed by atoms with E-state index in [2.05, 4.69) is 20.8 Å². The highest BCUT2D eigenvalue weighted by Gasteiger charge is 2.38. The standard InChI is InChI=1S/C21H25N3O4S/c1-22-13-7-14-23(2)21(22)18(12-15-29(25,26)27)24-16-8-3-5-10-19(16)28-20-11-6-4-9-17(20)24/h3-11,13,18,21H,12,14-15H2,1-2H3,(H,25,26,27). The Morgan fingerprint density at radius 1 is 1.07 bits per heavy atom. The molecule has 2 aliphatic heterocycles. The highest BCUT2D eigenvalue weighted by Crippen LogP contribution is 2.48. The zero-order valence-electron chi connectivity index (χ0n) is 16.5. The molecule has 2 unspecified atom stereocenters. The predicted octanol–water partition coefficient (Wildman–Crippen LogP) is 3.29. The van der Waals surface area contributed by atoms with Gasteiger partial charge < -0.3 is 14.5 Å². The minimum atomic E-state index is -4.10. The molecule has 0 radical (unpaired) electrons. The van der Waals surface area contributed by atoms with E-state index in [1.54, 1.807) is 0 Å². The number of likely N-dealkylation sites (N-methyl/N-ethyl adjacent to an activating group) is 2. The number of ether oxygens (including phenoxy) is 1. The molecule has 0 saturated carbocycles. The van der Waals surface area contributed by atoms with Crippen LogP contribution in [0.1, 0.15) is 6.42 Å². The van der Waals surface area contributed by atoms with Crippen LogP contribution in [0.5, 0.6) is 11.5 Å². The number of benzene rings is 2. The van der Waals surface area contributed by atoms with Gasteiger partial charge in [-0.05, 0) is 43.9 Å². The van der Waals surface area contributed by atoms with E-state index in [-0.39, 0.29) is 24.4 Å². The monoisotopic (exact) mass is 415 g/mol. The first kappa shape index (κ1) is 19.8. The fraction of sp³-hybridized carbons (Fsp3) is 0.333. The second-order valence-corrected chi connectivity index (χ2v) is 9.03. The van der Waals surface area contributed by atoms with Crippen molar-refractivity contribution in [1.29, 1.82) is 0 Å². The summed E-state index contributed by atoms with van der Waals surface area (Å²) in [7, 11) is -0.100. The molecule has 4 rings (SSSR count). The maximum Gasteiger partial charge on any atom is 0.264 e. The van der Waals surface area contributed by atoms with Crippen LogP contribution in [0.2, 0.25) is 0 Å². The van der Waals surface area contributed by atoms with Gasteiger partial charge in [-0.15, -0.1) is 0 Å². The summed E-state index contributed by atoms with van der Waals surface area (Å²) < 4.78 is 38.8. The van der Waals surface area contributed by atoms with Crippen LogP contribution >= 0.6 is 0 Å². The molecule has 2 aliphatic rings. The molecule has 0 aromatic heterocycles. The lowest BCUT2D eigenvalue weighted by Gasteiger charge is -2.48. The number of rotatable bonds is 5. The number of nitrogens with zero attached hydrogens (tertiary/aromatic N) is 3. The van der Waals surface area contributed by atoms with E-state index >= 15 is 0 Å². The topological polar surface area (TPSA) is 73.3 Å². The molecule has 1 N–H and O–H groups in total. The van der Waals surface area contributed by atoms with Gasteiger partial charge in [-0.3, -0.25) is 9.45 Å². The van der Waals surface area contributed by atoms with E-state index in [0.29, 0.717) is 0 Å². The maximum atomic E-state index is 11.6. The van der Waals surface area contributed by atoms with Gasteiger partial charge in [-0.25, -0.2) is 0 Å². The molecule has 0 aliphatic carbocycles. The van der Waals surface area contributed by atoms with Crippen molar-refractivity contribution in [3.8, 4) is 11.5 Å². The summed E-state index contributed by atoms with van der Waals surface area (Å²) in [6.45, 7) is 0.755. The van der Waals surface area contributed by atoms with Crippen LogP contribution in [0.25, 0.3) is 0 Å². The molecule has 0 amide bonds. The highest BCUT2D eigenvalue weighted by atomic mass is 32.2. The fourth-order valence-electron chi connectivity index (χ4n) is 4.22. The molecule has 2 atom stereocenters. The van der Waals surface area contributed by atoms with Crippen molar-refractivity contribution in [3.05, 3.63) is 60.8 Å². The van der Waals surface area contributed by atoms with Gasteiger partial charge in [0.1, 0.15) is 6.17 Å². The van der Waals surface area contributed by atoms with E-state index in [4.69, 9.17) is 4.74 Å². The van der Waals surface area contributed by atoms with Gasteiger partial charge in [-0.1, -0.05) is 30.3 Å². The molecular weight excluding hydrogens is 390 g/mol. The SMILES string of the molecule is CN1C=CCN(C)C1C(CCS(=O)(=O)O)N1c2ccccc2Oc2ccccc21. The normalized spacial score (nSPS) is 20.0. The maximum absolute atomic E-state index is 11.6. The smallest absolute Gasteiger partial charge is 0.264 e. The Labute approximate surface area is 171 Å². The van der Waals surface area contributed by atoms with Gasteiger partial charge in [0.15, 0.2) is 11.5 Å². The lowest BCUT2D eigenvalue weighted by Crippen LogP contribution is -2.58. The molecule has 2 heterocycles. The first-order valence-corrected chi connectivity index (χ1v) is 11.2. The molecule has 0 spiro atoms. The van der Waals surface area contributed by atoms with Crippen LogP contribution in [0.3, 0.4) is 0 Å². The van der Waals surface area contributed by atoms with E-state index in [1.807, 2.05) is 68.8 Å². The number of para-hydroxylation sites is 4. The summed E-state index contributed by atoms with van der Waals surface area (Å²) in [6.07, 6.45) is 4.25. The lowest BCUT2D eigenvalue weighted by atomic mass is 10.0. The number of hydrogen-bond acceptors (Lipinski definition) is 6. The van der Waals surface area contributed by atoms with E-state index in [9.17, 15) is 13.0 Å². The Balaban J connectivity index is 1.85. The average molecular weight is 416 g/mol. The van der Waals surface area contributed by atoms with Gasteiger partial charge >= 0.3 is 0 Å². The van der Waals surface area contributed by atoms with Gasteiger partial charge in [0, 0.05) is 13.6 Å². The molecule has 0 saturated heterocycles. The predicted molar refractivity (Wildman–Crippen MR) is 113 cm³/mol. The van der Waals surface area contributed by atoms with Crippen molar-refractivity contribution in [1.82, 2.24) is 9.80 Å². The van der Waals surface area contributed by atoms with Crippen molar-refractivity contribution in [2.45, 2.75) is 18.6 Å². The summed E-state index contributed by atoms with van der Waals surface area (Å²) in [5, 5.41) is 0. The Kier molecular flexibility index (Phi) is 5.24. The van der Waals surface area contributed by atoms with Crippen LogP contribution in [0.15, 0.2) is 60.8 Å². The number of fused-ring (bicyclic) bond motifs is 2. The molecule has 0 bridgehead atoms. The highest BCUT2D eigenvalue weighted by molar-refractivity contribution is 7.85. The molecule has 7 nitrogen and oxygen atoms in total. The Morgan fingerprint density at radius 3 is 2.21 bits per heavy atom. The summed E-state index contributed by atoms with van der Waals surface area (Å²) in [6, 6.07) is 15.2. The Bertz CT molecular complexity index is 979. The van der Waals surface area contributed by atoms with Crippen LogP contribution in [0.4, 0.5) is 11.4 Å². The van der Waals surface area contributed by atoms with Crippen LogP contribution < -0.4 is 9.64 Å². The number of hydrogen-bond donors (Lipinski definition) is 1. The first-order chi connectivity index (χ1) is 13.8. The van der Waals surface area contributed by atoms with Crippen LogP contribution in [0, 0.1) is 0 Å². The number of anilines is 2. The summed E-state index contributed by atoms with van der Waals surface area (Å²) in [4.78, 5) is 6.41. The van der Waals surface area contributed by atoms with E-state index < -0.39 is 10.1 Å². The zero-order chi connectivity index (χ0) is 20.6. The molecule has 154 valence electrons. The summed E-state index contributed by atoms with van der Waals surface area (Å²) in [5.41, 5.74) is 1.76. The minimum absolute atomic E-state index is 0.0963. The van der Waals surface area contributed by atoms with Crippen molar-refractivity contribution >= 4 is 21.5 Å². The van der Waals surface area contributed by atoms with Crippen molar-refractivity contribution in [2.24, 2.45) is 0 Å². The molecular formula is C21H25N3O4S. The molecule has 29 heavy (non-hydrogen) atoms. The first-order valence-electron chi connectivity index (χ1n) is 9.54. The average Bonchev–Trinajstić information content (AvgIpc) is 2.68. The van der Waals surface area contributed by atoms with Gasteiger partial charge in [0.25, 0.3) is 10.1 Å². The van der Waals surface area contributed by atoms with Crippen LogP contribution in [-0.4, -0.2) is 61.4 Å². The van der Waals surface area contributed by atoms with Crippen molar-refractivity contribution in [2.75, 3.05) is 31.3 Å². The second kappa shape index (κ2) is 7.70. The molecule has 2 aromatic rings. The largest absolute Gasteiger partial charge is 0.453 e. The minimum Gasteiger partial charge on any atom is -0.453 e. The van der Waals surface area contributed by atoms with Gasteiger partial charge in [0.2, 0.25) is 0 Å². The van der Waals surface area contributed by atoms with E-state index in [0.717, 1.165) is 29.4 Å². The van der Waals surface area contributed by atoms with Crippen molar-refractivity contribution < 1.29 is 17.7 Å². The molecule has 0 fully saturated rings. The third-order valence-electron chi connectivity index (χ3n) is 5.42. The quantitative estimate of drug-likeness (QED) is 0.751. The van der Waals surface area contributed by atoms with E-state index in [1.165, 1.54) is 0 Å². The van der Waals surface area contributed by atoms with Gasteiger partial charge in [-0.2, -0.15) is 8.42 Å². The zero-order valence-corrected chi connectivity index (χ0v) is 17.3. The summed E-state index contributed by atoms with van der Waals surface area (Å²) in [5.74, 6) is 1.13. The van der Waals surface area contributed by atoms with Crippen molar-refractivity contribution in [3.63, 3.8) is 0 Å². The Hall–Kier alpha value is -2.55. The third-order valence-corrected chi connectivity index (χ3v) is 6.17. The van der Waals surface area contributed by atoms with Crippen LogP contribution in [-0.2, 0) is 10.1 Å². The molecule has 2 aromatic carbocycles. The molecule has 8 heteroatoms. The second-order valence-electron chi connectivity index (χ2n) is 7.45.